The van der Waals surface area contributed by atoms with E-state index in [1.807, 2.05) is 60.7 Å². The molecule has 0 saturated carbocycles. The number of amides is 2. The van der Waals surface area contributed by atoms with Crippen LogP contribution in [0.25, 0.3) is 5.57 Å². The van der Waals surface area contributed by atoms with E-state index in [1.54, 1.807) is 18.0 Å². The van der Waals surface area contributed by atoms with Crippen LogP contribution in [0.15, 0.2) is 144 Å². The lowest BCUT2D eigenvalue weighted by Crippen LogP contribution is -2.46. The van der Waals surface area contributed by atoms with Crippen LogP contribution in [0.2, 0.25) is 0 Å². The molecule has 222 valence electrons. The van der Waals surface area contributed by atoms with Crippen molar-refractivity contribution in [1.29, 1.82) is 0 Å². The maximum absolute atomic E-state index is 14.6. The smallest absolute Gasteiger partial charge is 0.414 e. The molecule has 0 bridgehead atoms. The molecule has 7 heteroatoms. The van der Waals surface area contributed by atoms with Crippen molar-refractivity contribution in [3.8, 4) is 0 Å². The zero-order valence-corrected chi connectivity index (χ0v) is 24.6. The zero-order valence-electron chi connectivity index (χ0n) is 24.6. The maximum atomic E-state index is 14.6. The molecule has 0 radical (unpaired) electrons. The third-order valence-electron chi connectivity index (χ3n) is 9.11. The predicted octanol–water partition coefficient (Wildman–Crippen LogP) is 7.43. The van der Waals surface area contributed by atoms with Crippen LogP contribution in [0.1, 0.15) is 38.5 Å². The number of carbonyl (C=O) groups is 2. The molecule has 0 spiro atoms. The van der Waals surface area contributed by atoms with Gasteiger partial charge in [0.2, 0.25) is 5.96 Å². The van der Waals surface area contributed by atoms with Crippen LogP contribution in [-0.4, -0.2) is 46.5 Å². The van der Waals surface area contributed by atoms with Gasteiger partial charge in [0.25, 0.3) is 5.91 Å². The number of guanidine groups is 1. The summed E-state index contributed by atoms with van der Waals surface area (Å²) in [6, 6.07) is 34.0. The summed E-state index contributed by atoms with van der Waals surface area (Å²) in [5.41, 5.74) is 6.49. The van der Waals surface area contributed by atoms with Crippen LogP contribution in [-0.2, 0) is 12.0 Å². The molecule has 2 atom stereocenters. The number of allylic oxidation sites excluding steroid dienone is 5. The number of hydrogen-bond acceptors (Lipinski definition) is 2. The number of fused-ring (bicyclic) bond motifs is 3. The van der Waals surface area contributed by atoms with Gasteiger partial charge in [-0.25, -0.2) is 14.1 Å². The standard InChI is InChI=1S/C38H30FN3O3/c1-41-36(40-35(43)30-19-10-11-22-33(30)39)42(37(44)45)24-38(41,26-15-6-3-7-16-26)32-21-12-20-29-31(23-25-13-4-2-5-14-25)27-17-8-9-18-28(27)34(29)32/h2-22,34H,23-24H2,1H3,(H,44,45)/b40-36-. The van der Waals surface area contributed by atoms with E-state index in [4.69, 9.17) is 0 Å². The first-order valence-corrected chi connectivity index (χ1v) is 14.8. The van der Waals surface area contributed by atoms with Gasteiger partial charge in [0.05, 0.1) is 12.1 Å². The van der Waals surface area contributed by atoms with Crippen molar-refractivity contribution in [3.05, 3.63) is 172 Å². The fourth-order valence-corrected chi connectivity index (χ4v) is 7.06. The Labute approximate surface area is 260 Å². The molecule has 4 aromatic carbocycles. The number of halogens is 1. The zero-order chi connectivity index (χ0) is 31.1. The lowest BCUT2D eigenvalue weighted by molar-refractivity contribution is 0.0996. The van der Waals surface area contributed by atoms with E-state index in [2.05, 4.69) is 47.5 Å². The number of nitrogens with zero attached hydrogens (tertiary/aromatic N) is 3. The molecular formula is C38H30FN3O3. The predicted molar refractivity (Wildman–Crippen MR) is 172 cm³/mol. The van der Waals surface area contributed by atoms with E-state index in [9.17, 15) is 19.1 Å². The lowest BCUT2D eigenvalue weighted by Gasteiger charge is -2.42. The van der Waals surface area contributed by atoms with Crippen molar-refractivity contribution >= 4 is 23.5 Å². The van der Waals surface area contributed by atoms with E-state index in [0.29, 0.717) is 0 Å². The number of carbonyl (C=O) groups excluding carboxylic acids is 1. The first-order valence-electron chi connectivity index (χ1n) is 14.8. The maximum Gasteiger partial charge on any atom is 0.414 e. The molecule has 1 fully saturated rings. The van der Waals surface area contributed by atoms with E-state index >= 15 is 0 Å². The second-order valence-corrected chi connectivity index (χ2v) is 11.4. The summed E-state index contributed by atoms with van der Waals surface area (Å²) >= 11 is 0. The molecule has 1 heterocycles. The van der Waals surface area contributed by atoms with Gasteiger partial charge in [-0.15, -0.1) is 0 Å². The summed E-state index contributed by atoms with van der Waals surface area (Å²) in [5.74, 6) is -1.78. The van der Waals surface area contributed by atoms with Crippen LogP contribution >= 0.6 is 0 Å². The Balaban J connectivity index is 1.41. The molecule has 2 aliphatic carbocycles. The number of carboxylic acid groups (broad SMARTS) is 1. The highest BCUT2D eigenvalue weighted by Gasteiger charge is 2.55. The molecule has 4 aromatic rings. The minimum Gasteiger partial charge on any atom is -0.465 e. The third kappa shape index (κ3) is 4.59. The van der Waals surface area contributed by atoms with Gasteiger partial charge >= 0.3 is 6.09 Å². The van der Waals surface area contributed by atoms with Gasteiger partial charge in [0.15, 0.2) is 0 Å². The molecule has 1 saturated heterocycles. The molecule has 1 aliphatic heterocycles. The van der Waals surface area contributed by atoms with Gasteiger partial charge in [-0.3, -0.25) is 4.79 Å². The average molecular weight is 596 g/mol. The van der Waals surface area contributed by atoms with Gasteiger partial charge in [-0.1, -0.05) is 115 Å². The van der Waals surface area contributed by atoms with Crippen LogP contribution in [0.4, 0.5) is 9.18 Å². The molecule has 2 unspecified atom stereocenters. The summed E-state index contributed by atoms with van der Waals surface area (Å²) in [6.45, 7) is -0.00806. The highest BCUT2D eigenvalue weighted by Crippen LogP contribution is 2.56. The van der Waals surface area contributed by atoms with Crippen molar-refractivity contribution in [2.75, 3.05) is 13.6 Å². The number of rotatable bonds is 5. The minimum absolute atomic E-state index is 0.00806. The summed E-state index contributed by atoms with van der Waals surface area (Å²) < 4.78 is 14.6. The van der Waals surface area contributed by atoms with Gasteiger partial charge in [-0.05, 0) is 57.5 Å². The van der Waals surface area contributed by atoms with E-state index in [0.717, 1.165) is 33.6 Å². The summed E-state index contributed by atoms with van der Waals surface area (Å²) in [7, 11) is 1.76. The lowest BCUT2D eigenvalue weighted by atomic mass is 9.70. The Morgan fingerprint density at radius 2 is 1.58 bits per heavy atom. The second-order valence-electron chi connectivity index (χ2n) is 11.4. The summed E-state index contributed by atoms with van der Waals surface area (Å²) in [6.07, 6.45) is 5.76. The van der Waals surface area contributed by atoms with E-state index in [1.165, 1.54) is 34.9 Å². The minimum atomic E-state index is -1.25. The van der Waals surface area contributed by atoms with Crippen LogP contribution in [0.3, 0.4) is 0 Å². The van der Waals surface area contributed by atoms with Crippen molar-refractivity contribution in [2.24, 2.45) is 4.99 Å². The molecule has 45 heavy (non-hydrogen) atoms. The number of aliphatic imine (C=N–C) groups is 1. The summed E-state index contributed by atoms with van der Waals surface area (Å²) in [4.78, 5) is 33.3. The van der Waals surface area contributed by atoms with Crippen LogP contribution < -0.4 is 0 Å². The van der Waals surface area contributed by atoms with Gasteiger partial charge in [0.1, 0.15) is 11.4 Å². The molecular weight excluding hydrogens is 565 g/mol. The van der Waals surface area contributed by atoms with Gasteiger partial charge in [-0.2, -0.15) is 4.99 Å². The van der Waals surface area contributed by atoms with E-state index < -0.39 is 23.4 Å². The number of likely N-dealkylation sites (N-methyl/N-ethyl adjacent to an activating group) is 1. The SMILES string of the molecule is CN1/C(=N/C(=O)c2ccccc2F)N(C(=O)O)CC1(C1=CC=CC2=C(Cc3ccccc3)c3ccccc3C12)c1ccccc1. The quantitative estimate of drug-likeness (QED) is 0.260. The number of benzene rings is 4. The Kier molecular flexibility index (Phi) is 7.01. The van der Waals surface area contributed by atoms with E-state index in [-0.39, 0.29) is 24.0 Å². The molecule has 7 rings (SSSR count). The Bertz CT molecular complexity index is 1950. The highest BCUT2D eigenvalue weighted by atomic mass is 19.1. The second kappa shape index (κ2) is 11.2. The Hall–Kier alpha value is -5.56. The molecule has 3 aliphatic rings. The fraction of sp³-hybridized carbons (Fsp3) is 0.132. The Morgan fingerprint density at radius 3 is 2.31 bits per heavy atom. The Morgan fingerprint density at radius 1 is 0.911 bits per heavy atom. The monoisotopic (exact) mass is 595 g/mol. The topological polar surface area (TPSA) is 73.2 Å². The fourth-order valence-electron chi connectivity index (χ4n) is 7.06. The summed E-state index contributed by atoms with van der Waals surface area (Å²) in [5, 5.41) is 10.5. The first-order chi connectivity index (χ1) is 21.9. The van der Waals surface area contributed by atoms with Crippen LogP contribution in [0, 0.1) is 5.82 Å². The molecule has 1 N–H and O–H groups in total. The highest BCUT2D eigenvalue weighted by molar-refractivity contribution is 6.07. The van der Waals surface area contributed by atoms with Gasteiger partial charge < -0.3 is 10.0 Å². The normalized spacial score (nSPS) is 21.2. The number of hydrogen-bond donors (Lipinski definition) is 1. The van der Waals surface area contributed by atoms with Gasteiger partial charge in [0, 0.05) is 13.0 Å². The van der Waals surface area contributed by atoms with Crippen molar-refractivity contribution in [2.45, 2.75) is 17.9 Å². The van der Waals surface area contributed by atoms with Crippen LogP contribution in [0.5, 0.6) is 0 Å². The average Bonchev–Trinajstić information content (AvgIpc) is 3.54. The van der Waals surface area contributed by atoms with Crippen molar-refractivity contribution in [1.82, 2.24) is 9.80 Å². The third-order valence-corrected chi connectivity index (χ3v) is 9.11. The first kappa shape index (κ1) is 28.2. The largest absolute Gasteiger partial charge is 0.465 e. The molecule has 2 amide bonds. The molecule has 6 nitrogen and oxygen atoms in total. The van der Waals surface area contributed by atoms with Crippen molar-refractivity contribution < 1.29 is 19.1 Å². The van der Waals surface area contributed by atoms with Crippen molar-refractivity contribution in [3.63, 3.8) is 0 Å². The molecule has 0 aromatic heterocycles.